The molecule has 0 bridgehead atoms. The summed E-state index contributed by atoms with van der Waals surface area (Å²) in [4.78, 5) is 15.3. The van der Waals surface area contributed by atoms with Gasteiger partial charge in [-0.15, -0.1) is 0 Å². The van der Waals surface area contributed by atoms with Crippen LogP contribution in [0.3, 0.4) is 0 Å². The maximum atomic E-state index is 11.1. The molecule has 0 unspecified atom stereocenters. The fourth-order valence-electron chi connectivity index (χ4n) is 2.60. The fraction of sp³-hybridized carbons (Fsp3) is 0.571. The lowest BCUT2D eigenvalue weighted by atomic mass is 9.80. The zero-order chi connectivity index (χ0) is 12.3. The largest absolute Gasteiger partial charge is 0.478 e. The van der Waals surface area contributed by atoms with Crippen molar-refractivity contribution in [2.75, 3.05) is 0 Å². The van der Waals surface area contributed by atoms with E-state index in [-0.39, 0.29) is 0 Å². The number of carboxylic acids is 1. The van der Waals surface area contributed by atoms with Crippen molar-refractivity contribution in [3.05, 3.63) is 29.6 Å². The Bertz CT molecular complexity index is 395. The van der Waals surface area contributed by atoms with E-state index < -0.39 is 5.97 Å². The van der Waals surface area contributed by atoms with Crippen molar-refractivity contribution in [3.63, 3.8) is 0 Å². The Morgan fingerprint density at radius 2 is 2.12 bits per heavy atom. The van der Waals surface area contributed by atoms with E-state index in [4.69, 9.17) is 5.11 Å². The van der Waals surface area contributed by atoms with Gasteiger partial charge in [0, 0.05) is 6.20 Å². The second-order valence-corrected chi connectivity index (χ2v) is 5.13. The van der Waals surface area contributed by atoms with Crippen molar-refractivity contribution < 1.29 is 9.90 Å². The number of rotatable bonds is 3. The average molecular weight is 233 g/mol. The van der Waals surface area contributed by atoms with Crippen LogP contribution < -0.4 is 0 Å². The third-order valence-electron chi connectivity index (χ3n) is 3.74. The first-order valence-corrected chi connectivity index (χ1v) is 6.34. The maximum absolute atomic E-state index is 11.1. The molecule has 1 aliphatic carbocycles. The summed E-state index contributed by atoms with van der Waals surface area (Å²) in [6, 6.07) is 3.34. The van der Waals surface area contributed by atoms with Gasteiger partial charge in [0.2, 0.25) is 0 Å². The molecule has 17 heavy (non-hydrogen) atoms. The first kappa shape index (κ1) is 12.1. The van der Waals surface area contributed by atoms with Crippen LogP contribution in [0.25, 0.3) is 0 Å². The predicted octanol–water partition coefficient (Wildman–Crippen LogP) is 3.15. The van der Waals surface area contributed by atoms with E-state index in [1.54, 1.807) is 18.3 Å². The van der Waals surface area contributed by atoms with Crippen LogP contribution in [0, 0.1) is 11.8 Å². The van der Waals surface area contributed by atoms with Crippen molar-refractivity contribution >= 4 is 5.97 Å². The summed E-state index contributed by atoms with van der Waals surface area (Å²) < 4.78 is 0. The molecule has 0 saturated heterocycles. The predicted molar refractivity (Wildman–Crippen MR) is 66.0 cm³/mol. The number of carboxylic acid groups (broad SMARTS) is 1. The molecule has 92 valence electrons. The van der Waals surface area contributed by atoms with Crippen molar-refractivity contribution in [1.82, 2.24) is 4.98 Å². The minimum absolute atomic E-state index is 0.367. The summed E-state index contributed by atoms with van der Waals surface area (Å²) in [6.45, 7) is 2.29. The van der Waals surface area contributed by atoms with E-state index in [9.17, 15) is 4.79 Å². The maximum Gasteiger partial charge on any atom is 0.337 e. The first-order valence-electron chi connectivity index (χ1n) is 6.34. The van der Waals surface area contributed by atoms with Crippen LogP contribution in [0.5, 0.6) is 0 Å². The first-order chi connectivity index (χ1) is 8.16. The lowest BCUT2D eigenvalue weighted by Gasteiger charge is -2.26. The monoisotopic (exact) mass is 233 g/mol. The van der Waals surface area contributed by atoms with Crippen LogP contribution in [0.1, 0.15) is 48.7 Å². The van der Waals surface area contributed by atoms with Gasteiger partial charge in [-0.2, -0.15) is 0 Å². The molecule has 0 aromatic carbocycles. The Labute approximate surface area is 102 Å². The van der Waals surface area contributed by atoms with Crippen LogP contribution in [0.4, 0.5) is 0 Å². The molecule has 1 heterocycles. The number of aromatic carboxylic acids is 1. The number of aromatic nitrogens is 1. The summed E-state index contributed by atoms with van der Waals surface area (Å²) in [7, 11) is 0. The molecule has 1 aromatic heterocycles. The van der Waals surface area contributed by atoms with Crippen LogP contribution in [0.15, 0.2) is 18.3 Å². The summed E-state index contributed by atoms with van der Waals surface area (Å²) in [5, 5.41) is 9.10. The van der Waals surface area contributed by atoms with Gasteiger partial charge in [0.15, 0.2) is 0 Å². The number of pyridine rings is 1. The number of nitrogens with zero attached hydrogens (tertiary/aromatic N) is 1. The van der Waals surface area contributed by atoms with E-state index in [0.717, 1.165) is 18.0 Å². The van der Waals surface area contributed by atoms with Crippen molar-refractivity contribution in [3.8, 4) is 0 Å². The molecule has 1 N–H and O–H groups in total. The Kier molecular flexibility index (Phi) is 3.77. The smallest absolute Gasteiger partial charge is 0.337 e. The van der Waals surface area contributed by atoms with E-state index >= 15 is 0 Å². The fourth-order valence-corrected chi connectivity index (χ4v) is 2.60. The lowest BCUT2D eigenvalue weighted by Crippen LogP contribution is -2.16. The number of hydrogen-bond acceptors (Lipinski definition) is 2. The molecule has 3 heteroatoms. The van der Waals surface area contributed by atoms with Crippen molar-refractivity contribution in [2.45, 2.75) is 39.0 Å². The molecular formula is C14H19NO2. The van der Waals surface area contributed by atoms with Crippen LogP contribution >= 0.6 is 0 Å². The second kappa shape index (κ2) is 5.30. The Morgan fingerprint density at radius 1 is 1.41 bits per heavy atom. The van der Waals surface area contributed by atoms with Crippen molar-refractivity contribution in [1.29, 1.82) is 0 Å². The molecule has 0 aliphatic heterocycles. The van der Waals surface area contributed by atoms with Gasteiger partial charge >= 0.3 is 5.97 Å². The van der Waals surface area contributed by atoms with Gasteiger partial charge in [-0.1, -0.05) is 19.8 Å². The summed E-state index contributed by atoms with van der Waals surface area (Å²) >= 11 is 0. The van der Waals surface area contributed by atoms with Crippen LogP contribution in [0.2, 0.25) is 0 Å². The van der Waals surface area contributed by atoms with Gasteiger partial charge < -0.3 is 5.11 Å². The van der Waals surface area contributed by atoms with Gasteiger partial charge in [0.05, 0.1) is 11.3 Å². The van der Waals surface area contributed by atoms with Gasteiger partial charge in [-0.3, -0.25) is 4.98 Å². The molecular weight excluding hydrogens is 214 g/mol. The molecule has 3 nitrogen and oxygen atoms in total. The van der Waals surface area contributed by atoms with Gasteiger partial charge in [-0.25, -0.2) is 4.79 Å². The Morgan fingerprint density at radius 3 is 2.76 bits per heavy atom. The normalized spacial score (nSPS) is 24.5. The van der Waals surface area contributed by atoms with E-state index in [1.165, 1.54) is 25.7 Å². The van der Waals surface area contributed by atoms with Crippen molar-refractivity contribution in [2.24, 2.45) is 11.8 Å². The Hall–Kier alpha value is -1.38. The topological polar surface area (TPSA) is 50.2 Å². The molecule has 1 aliphatic rings. The lowest BCUT2D eigenvalue weighted by molar-refractivity contribution is 0.0694. The van der Waals surface area contributed by atoms with Crippen LogP contribution in [-0.4, -0.2) is 16.1 Å². The van der Waals surface area contributed by atoms with E-state index in [2.05, 4.69) is 11.9 Å². The molecule has 0 spiro atoms. The van der Waals surface area contributed by atoms with Gasteiger partial charge in [0.25, 0.3) is 0 Å². The molecule has 0 radical (unpaired) electrons. The highest BCUT2D eigenvalue weighted by molar-refractivity contribution is 5.88. The van der Waals surface area contributed by atoms with Crippen LogP contribution in [-0.2, 0) is 6.42 Å². The molecule has 1 saturated carbocycles. The van der Waals surface area contributed by atoms with E-state index in [0.29, 0.717) is 11.5 Å². The van der Waals surface area contributed by atoms with Gasteiger partial charge in [0.1, 0.15) is 0 Å². The third-order valence-corrected chi connectivity index (χ3v) is 3.74. The van der Waals surface area contributed by atoms with Gasteiger partial charge in [-0.05, 0) is 43.2 Å². The zero-order valence-electron chi connectivity index (χ0n) is 10.2. The summed E-state index contributed by atoms with van der Waals surface area (Å²) in [5.41, 5.74) is 1.12. The molecule has 0 atom stereocenters. The third kappa shape index (κ3) is 3.05. The minimum atomic E-state index is -0.864. The average Bonchev–Trinajstić information content (AvgIpc) is 2.32. The Balaban J connectivity index is 2.05. The molecule has 1 fully saturated rings. The highest BCUT2D eigenvalue weighted by Gasteiger charge is 2.21. The minimum Gasteiger partial charge on any atom is -0.478 e. The number of hydrogen-bond donors (Lipinski definition) is 1. The standard InChI is InChI=1S/C14H19NO2/c1-10-4-6-11(7-5-10)9-13-12(14(16)17)3-2-8-15-13/h2-3,8,10-11H,4-7,9H2,1H3,(H,16,17). The zero-order valence-corrected chi connectivity index (χ0v) is 10.2. The molecule has 1 aromatic rings. The van der Waals surface area contributed by atoms with E-state index in [1.807, 2.05) is 0 Å². The molecule has 0 amide bonds. The second-order valence-electron chi connectivity index (χ2n) is 5.13. The highest BCUT2D eigenvalue weighted by Crippen LogP contribution is 2.30. The summed E-state index contributed by atoms with van der Waals surface area (Å²) in [6.07, 6.45) is 7.44. The summed E-state index contributed by atoms with van der Waals surface area (Å²) in [5.74, 6) is 0.574. The SMILES string of the molecule is CC1CCC(Cc2ncccc2C(=O)O)CC1. The highest BCUT2D eigenvalue weighted by atomic mass is 16.4. The quantitative estimate of drug-likeness (QED) is 0.872. The molecule has 2 rings (SSSR count). The number of carbonyl (C=O) groups is 1.